The summed E-state index contributed by atoms with van der Waals surface area (Å²) in [6, 6.07) is 9.96. The molecule has 0 bridgehead atoms. The lowest BCUT2D eigenvalue weighted by atomic mass is 10.1. The lowest BCUT2D eigenvalue weighted by molar-refractivity contribution is -0.385. The second-order valence-corrected chi connectivity index (χ2v) is 5.34. The molecule has 2 rings (SSSR count). The quantitative estimate of drug-likeness (QED) is 0.436. The number of rotatable bonds is 7. The Bertz CT molecular complexity index is 868. The van der Waals surface area contributed by atoms with Gasteiger partial charge in [-0.05, 0) is 24.3 Å². The van der Waals surface area contributed by atoms with Gasteiger partial charge in [-0.15, -0.1) is 13.2 Å². The highest BCUT2D eigenvalue weighted by atomic mass is 19.4. The molecule has 0 saturated carbocycles. The molecule has 28 heavy (non-hydrogen) atoms. The second kappa shape index (κ2) is 8.84. The van der Waals surface area contributed by atoms with E-state index in [0.29, 0.717) is 0 Å². The molecule has 2 aromatic carbocycles. The molecule has 0 aromatic heterocycles. The number of para-hydroxylation sites is 1. The van der Waals surface area contributed by atoms with Gasteiger partial charge in [-0.3, -0.25) is 19.7 Å². The number of anilines is 1. The fourth-order valence-corrected chi connectivity index (χ4v) is 2.13. The molecule has 0 unspecified atom stereocenters. The minimum Gasteiger partial charge on any atom is -0.455 e. The minimum absolute atomic E-state index is 0.137. The van der Waals surface area contributed by atoms with Gasteiger partial charge in [-0.25, -0.2) is 0 Å². The molecule has 1 N–H and O–H groups in total. The summed E-state index contributed by atoms with van der Waals surface area (Å²) in [4.78, 5) is 33.8. The number of ether oxygens (including phenoxy) is 2. The lowest BCUT2D eigenvalue weighted by Crippen LogP contribution is -2.22. The van der Waals surface area contributed by atoms with Gasteiger partial charge in [-0.1, -0.05) is 18.2 Å². The predicted molar refractivity (Wildman–Crippen MR) is 89.5 cm³/mol. The molecule has 11 heteroatoms. The third-order valence-corrected chi connectivity index (χ3v) is 3.26. The number of nitro groups is 1. The number of esters is 1. The van der Waals surface area contributed by atoms with Gasteiger partial charge in [0.05, 0.1) is 11.3 Å². The number of nitrogens with zero attached hydrogens (tertiary/aromatic N) is 1. The van der Waals surface area contributed by atoms with Crippen LogP contribution in [0.2, 0.25) is 0 Å². The molecule has 0 aliphatic carbocycles. The Morgan fingerprint density at radius 3 is 2.32 bits per heavy atom. The van der Waals surface area contributed by atoms with Gasteiger partial charge in [0, 0.05) is 17.3 Å². The number of halogens is 3. The van der Waals surface area contributed by atoms with E-state index in [4.69, 9.17) is 4.74 Å². The van der Waals surface area contributed by atoms with Crippen molar-refractivity contribution in [1.29, 1.82) is 0 Å². The lowest BCUT2D eigenvalue weighted by Gasteiger charge is -2.10. The van der Waals surface area contributed by atoms with Crippen molar-refractivity contribution in [2.24, 2.45) is 0 Å². The zero-order valence-electron chi connectivity index (χ0n) is 14.1. The van der Waals surface area contributed by atoms with Crippen LogP contribution in [-0.2, 0) is 20.7 Å². The molecule has 0 fully saturated rings. The Kier molecular flexibility index (Phi) is 6.53. The van der Waals surface area contributed by atoms with Gasteiger partial charge in [0.25, 0.3) is 11.6 Å². The summed E-state index contributed by atoms with van der Waals surface area (Å²) in [7, 11) is 0. The predicted octanol–water partition coefficient (Wildman–Crippen LogP) is 3.22. The van der Waals surface area contributed by atoms with Crippen LogP contribution in [0, 0.1) is 10.1 Å². The monoisotopic (exact) mass is 398 g/mol. The second-order valence-electron chi connectivity index (χ2n) is 5.34. The fraction of sp³-hybridized carbons (Fsp3) is 0.176. The largest absolute Gasteiger partial charge is 0.573 e. The van der Waals surface area contributed by atoms with Crippen LogP contribution in [0.4, 0.5) is 24.5 Å². The van der Waals surface area contributed by atoms with Crippen molar-refractivity contribution < 1.29 is 37.2 Å². The van der Waals surface area contributed by atoms with Crippen LogP contribution >= 0.6 is 0 Å². The van der Waals surface area contributed by atoms with Crippen molar-refractivity contribution in [3.05, 3.63) is 64.2 Å². The standard InChI is InChI=1S/C17H13F3N2O6/c18-17(19,20)28-13-7-5-12(6-8-13)21-15(23)10-27-16(24)9-11-3-1-2-4-14(11)22(25)26/h1-8H,9-10H2,(H,21,23). The van der Waals surface area contributed by atoms with Gasteiger partial charge < -0.3 is 14.8 Å². The van der Waals surface area contributed by atoms with Crippen LogP contribution in [0.3, 0.4) is 0 Å². The summed E-state index contributed by atoms with van der Waals surface area (Å²) in [6.07, 6.45) is -5.22. The van der Waals surface area contributed by atoms with Gasteiger partial charge >= 0.3 is 12.3 Å². The number of hydrogen-bond donors (Lipinski definition) is 1. The Morgan fingerprint density at radius 1 is 1.07 bits per heavy atom. The molecule has 0 aliphatic rings. The van der Waals surface area contributed by atoms with E-state index >= 15 is 0 Å². The van der Waals surface area contributed by atoms with E-state index in [9.17, 15) is 32.9 Å². The van der Waals surface area contributed by atoms with Crippen molar-refractivity contribution in [3.63, 3.8) is 0 Å². The molecular formula is C17H13F3N2O6. The van der Waals surface area contributed by atoms with Gasteiger partial charge in [0.15, 0.2) is 6.61 Å². The van der Waals surface area contributed by atoms with Gasteiger partial charge in [-0.2, -0.15) is 0 Å². The SMILES string of the molecule is O=C(COC(=O)Cc1ccccc1[N+](=O)[O-])Nc1ccc(OC(F)(F)F)cc1. The van der Waals surface area contributed by atoms with Crippen molar-refractivity contribution >= 4 is 23.3 Å². The van der Waals surface area contributed by atoms with E-state index in [-0.39, 0.29) is 16.9 Å². The molecule has 0 atom stereocenters. The number of alkyl halides is 3. The van der Waals surface area contributed by atoms with E-state index in [1.807, 2.05) is 0 Å². The molecule has 8 nitrogen and oxygen atoms in total. The Labute approximate surface area is 156 Å². The Hall–Kier alpha value is -3.63. The van der Waals surface area contributed by atoms with Crippen LogP contribution in [-0.4, -0.2) is 29.8 Å². The molecule has 0 heterocycles. The number of carbonyl (C=O) groups excluding carboxylic acids is 2. The third kappa shape index (κ3) is 6.59. The number of nitrogens with one attached hydrogen (secondary N) is 1. The summed E-state index contributed by atoms with van der Waals surface area (Å²) in [5.74, 6) is -2.04. The summed E-state index contributed by atoms with van der Waals surface area (Å²) in [5.41, 5.74) is 0.0532. The van der Waals surface area contributed by atoms with Crippen molar-refractivity contribution in [2.45, 2.75) is 12.8 Å². The van der Waals surface area contributed by atoms with E-state index in [2.05, 4.69) is 10.1 Å². The van der Waals surface area contributed by atoms with Crippen molar-refractivity contribution in [2.75, 3.05) is 11.9 Å². The van der Waals surface area contributed by atoms with Crippen molar-refractivity contribution in [1.82, 2.24) is 0 Å². The van der Waals surface area contributed by atoms with Crippen LogP contribution in [0.25, 0.3) is 0 Å². The van der Waals surface area contributed by atoms with E-state index in [0.717, 1.165) is 12.1 Å². The highest BCUT2D eigenvalue weighted by Crippen LogP contribution is 2.24. The maximum atomic E-state index is 12.1. The molecule has 0 radical (unpaired) electrons. The maximum Gasteiger partial charge on any atom is 0.573 e. The Morgan fingerprint density at radius 2 is 1.71 bits per heavy atom. The zero-order chi connectivity index (χ0) is 20.7. The molecule has 0 spiro atoms. The molecular weight excluding hydrogens is 385 g/mol. The first-order valence-electron chi connectivity index (χ1n) is 7.67. The number of nitro benzene ring substituents is 1. The van der Waals surface area contributed by atoms with Crippen LogP contribution < -0.4 is 10.1 Å². The Balaban J connectivity index is 1.84. The third-order valence-electron chi connectivity index (χ3n) is 3.26. The summed E-state index contributed by atoms with van der Waals surface area (Å²) in [6.45, 7) is -0.666. The van der Waals surface area contributed by atoms with E-state index in [1.165, 1.54) is 36.4 Å². The average molecular weight is 398 g/mol. The average Bonchev–Trinajstić information content (AvgIpc) is 2.61. The number of hydrogen-bond acceptors (Lipinski definition) is 6. The van der Waals surface area contributed by atoms with Crippen molar-refractivity contribution in [3.8, 4) is 5.75 Å². The first kappa shape index (κ1) is 20.7. The fourth-order valence-electron chi connectivity index (χ4n) is 2.13. The molecule has 0 aliphatic heterocycles. The normalized spacial score (nSPS) is 10.8. The molecule has 0 saturated heterocycles. The summed E-state index contributed by atoms with van der Waals surface area (Å²) in [5, 5.41) is 13.2. The first-order valence-corrected chi connectivity index (χ1v) is 7.67. The van der Waals surface area contributed by atoms with Gasteiger partial charge in [0.2, 0.25) is 0 Å². The van der Waals surface area contributed by atoms with E-state index in [1.54, 1.807) is 0 Å². The first-order chi connectivity index (χ1) is 13.1. The minimum atomic E-state index is -4.83. The van der Waals surface area contributed by atoms with Crippen LogP contribution in [0.15, 0.2) is 48.5 Å². The molecule has 1 amide bonds. The summed E-state index contributed by atoms with van der Waals surface area (Å²) >= 11 is 0. The van der Waals surface area contributed by atoms with Gasteiger partial charge in [0.1, 0.15) is 5.75 Å². The van der Waals surface area contributed by atoms with E-state index < -0.39 is 41.9 Å². The number of benzene rings is 2. The number of amides is 1. The highest BCUT2D eigenvalue weighted by molar-refractivity contribution is 5.93. The maximum absolute atomic E-state index is 12.1. The van der Waals surface area contributed by atoms with Crippen LogP contribution in [0.5, 0.6) is 5.75 Å². The number of carbonyl (C=O) groups is 2. The topological polar surface area (TPSA) is 108 Å². The smallest absolute Gasteiger partial charge is 0.455 e. The molecule has 2 aromatic rings. The highest BCUT2D eigenvalue weighted by Gasteiger charge is 2.31. The summed E-state index contributed by atoms with van der Waals surface area (Å²) < 4.78 is 44.7. The molecule has 148 valence electrons. The zero-order valence-corrected chi connectivity index (χ0v) is 14.1. The van der Waals surface area contributed by atoms with Crippen LogP contribution in [0.1, 0.15) is 5.56 Å².